The molecule has 1 aliphatic carbocycles. The zero-order valence-electron chi connectivity index (χ0n) is 10.1. The van der Waals surface area contributed by atoms with Gasteiger partial charge in [-0.15, -0.1) is 0 Å². The smallest absolute Gasteiger partial charge is 0.225 e. The second-order valence-corrected chi connectivity index (χ2v) is 6.53. The molecule has 4 heteroatoms. The van der Waals surface area contributed by atoms with Gasteiger partial charge >= 0.3 is 0 Å². The highest BCUT2D eigenvalue weighted by molar-refractivity contribution is 9.09. The summed E-state index contributed by atoms with van der Waals surface area (Å²) in [6, 6.07) is 0. The third-order valence-electron chi connectivity index (χ3n) is 4.08. The normalized spacial score (nSPS) is 31.9. The first kappa shape index (κ1) is 11.5. The van der Waals surface area contributed by atoms with Gasteiger partial charge in [-0.05, 0) is 36.7 Å². The molecule has 2 unspecified atom stereocenters. The molecule has 1 saturated carbocycles. The van der Waals surface area contributed by atoms with E-state index < -0.39 is 0 Å². The number of nitrogens with zero attached hydrogens (tertiary/aromatic N) is 3. The van der Waals surface area contributed by atoms with Gasteiger partial charge in [-0.2, -0.15) is 0 Å². The predicted octanol–water partition coefficient (Wildman–Crippen LogP) is 2.65. The van der Waals surface area contributed by atoms with Crippen LogP contribution in [0.4, 0.5) is 5.95 Å². The van der Waals surface area contributed by atoms with Crippen molar-refractivity contribution >= 4 is 21.9 Å². The molecule has 0 spiro atoms. The van der Waals surface area contributed by atoms with E-state index >= 15 is 0 Å². The molecule has 0 N–H and O–H groups in total. The summed E-state index contributed by atoms with van der Waals surface area (Å²) in [7, 11) is 0. The van der Waals surface area contributed by atoms with Crippen molar-refractivity contribution in [2.24, 2.45) is 11.8 Å². The van der Waals surface area contributed by atoms with Crippen molar-refractivity contribution in [3.63, 3.8) is 0 Å². The minimum atomic E-state index is 0.739. The summed E-state index contributed by atoms with van der Waals surface area (Å²) >= 11 is 3.74. The maximum Gasteiger partial charge on any atom is 0.225 e. The number of hydrogen-bond donors (Lipinski definition) is 0. The highest BCUT2D eigenvalue weighted by Crippen LogP contribution is 2.41. The van der Waals surface area contributed by atoms with E-state index in [0.29, 0.717) is 0 Å². The molecule has 92 valence electrons. The van der Waals surface area contributed by atoms with E-state index in [1.165, 1.54) is 18.4 Å². The lowest BCUT2D eigenvalue weighted by atomic mass is 10.0. The summed E-state index contributed by atoms with van der Waals surface area (Å²) < 4.78 is 0. The summed E-state index contributed by atoms with van der Waals surface area (Å²) in [5.74, 6) is 2.60. The van der Waals surface area contributed by atoms with Gasteiger partial charge in [-0.25, -0.2) is 9.97 Å². The van der Waals surface area contributed by atoms with Crippen LogP contribution in [0.25, 0.3) is 0 Å². The van der Waals surface area contributed by atoms with E-state index in [1.807, 2.05) is 12.4 Å². The van der Waals surface area contributed by atoms with E-state index in [1.54, 1.807) is 0 Å². The van der Waals surface area contributed by atoms with Crippen LogP contribution in [0.5, 0.6) is 0 Å². The molecule has 2 aliphatic rings. The predicted molar refractivity (Wildman–Crippen MR) is 72.6 cm³/mol. The van der Waals surface area contributed by atoms with Crippen molar-refractivity contribution in [3.8, 4) is 0 Å². The van der Waals surface area contributed by atoms with Gasteiger partial charge in [0.05, 0.1) is 0 Å². The Bertz CT molecular complexity index is 378. The van der Waals surface area contributed by atoms with Gasteiger partial charge in [0.2, 0.25) is 5.95 Å². The van der Waals surface area contributed by atoms with Crippen LogP contribution in [0.1, 0.15) is 25.3 Å². The Morgan fingerprint density at radius 1 is 1.24 bits per heavy atom. The fourth-order valence-electron chi connectivity index (χ4n) is 3.08. The lowest BCUT2D eigenvalue weighted by molar-refractivity contribution is 0.494. The second-order valence-electron chi connectivity index (χ2n) is 5.24. The van der Waals surface area contributed by atoms with Gasteiger partial charge in [0.1, 0.15) is 0 Å². The quantitative estimate of drug-likeness (QED) is 0.786. The molecule has 3 nitrogen and oxygen atoms in total. The van der Waals surface area contributed by atoms with Crippen LogP contribution >= 0.6 is 15.9 Å². The first-order valence-corrected chi connectivity index (χ1v) is 7.37. The Morgan fingerprint density at radius 3 is 2.35 bits per heavy atom. The highest BCUT2D eigenvalue weighted by Gasteiger charge is 2.40. The summed E-state index contributed by atoms with van der Waals surface area (Å²) in [4.78, 5) is 12.1. The van der Waals surface area contributed by atoms with Gasteiger partial charge < -0.3 is 4.90 Å². The molecule has 1 aliphatic heterocycles. The van der Waals surface area contributed by atoms with Gasteiger partial charge in [-0.1, -0.05) is 22.9 Å². The molecule has 0 aromatic carbocycles. The van der Waals surface area contributed by atoms with Crippen molar-refractivity contribution in [1.29, 1.82) is 0 Å². The molecule has 0 amide bonds. The van der Waals surface area contributed by atoms with Crippen LogP contribution in [0.2, 0.25) is 0 Å². The Kier molecular flexibility index (Phi) is 3.07. The first-order valence-electron chi connectivity index (χ1n) is 6.46. The van der Waals surface area contributed by atoms with E-state index in [9.17, 15) is 0 Å². The Balaban J connectivity index is 1.70. The second kappa shape index (κ2) is 4.56. The van der Waals surface area contributed by atoms with Crippen LogP contribution in [0.15, 0.2) is 12.4 Å². The van der Waals surface area contributed by atoms with E-state index in [-0.39, 0.29) is 0 Å². The third kappa shape index (κ3) is 2.19. The van der Waals surface area contributed by atoms with E-state index in [2.05, 4.69) is 37.7 Å². The standard InChI is InChI=1S/C13H18BrN3/c1-2-9-5-15-13(16-6-9)17-7-10-3-12(14)4-11(10)8-17/h5-6,10-12H,2-4,7-8H2,1H3. The van der Waals surface area contributed by atoms with Crippen LogP contribution in [-0.4, -0.2) is 27.9 Å². The number of halogens is 1. The first-order chi connectivity index (χ1) is 8.26. The number of rotatable bonds is 2. The van der Waals surface area contributed by atoms with Crippen LogP contribution in [-0.2, 0) is 6.42 Å². The topological polar surface area (TPSA) is 29.0 Å². The minimum Gasteiger partial charge on any atom is -0.340 e. The third-order valence-corrected chi connectivity index (χ3v) is 4.82. The molecule has 2 fully saturated rings. The number of aromatic nitrogens is 2. The largest absolute Gasteiger partial charge is 0.340 e. The minimum absolute atomic E-state index is 0.739. The summed E-state index contributed by atoms with van der Waals surface area (Å²) in [5, 5.41) is 0. The average molecular weight is 296 g/mol. The number of fused-ring (bicyclic) bond motifs is 1. The highest BCUT2D eigenvalue weighted by atomic mass is 79.9. The maximum absolute atomic E-state index is 4.48. The van der Waals surface area contributed by atoms with Crippen molar-refractivity contribution in [1.82, 2.24) is 9.97 Å². The molecule has 1 saturated heterocycles. The molecule has 0 bridgehead atoms. The zero-order valence-corrected chi connectivity index (χ0v) is 11.7. The van der Waals surface area contributed by atoms with Crippen LogP contribution < -0.4 is 4.90 Å². The summed E-state index contributed by atoms with van der Waals surface area (Å²) in [5.41, 5.74) is 1.22. The maximum atomic E-state index is 4.48. The Labute approximate surface area is 111 Å². The van der Waals surface area contributed by atoms with Crippen LogP contribution in [0.3, 0.4) is 0 Å². The molecule has 0 radical (unpaired) electrons. The zero-order chi connectivity index (χ0) is 11.8. The summed E-state index contributed by atoms with van der Waals surface area (Å²) in [6.07, 6.45) is 7.56. The number of aryl methyl sites for hydroxylation is 1. The SMILES string of the molecule is CCc1cnc(N2CC3CC(Br)CC3C2)nc1. The molecule has 2 atom stereocenters. The van der Waals surface area contributed by atoms with Gasteiger partial charge in [0.25, 0.3) is 0 Å². The number of anilines is 1. The van der Waals surface area contributed by atoms with Crippen molar-refractivity contribution in [3.05, 3.63) is 18.0 Å². The molecule has 1 aromatic heterocycles. The molecular weight excluding hydrogens is 278 g/mol. The fourth-order valence-corrected chi connectivity index (χ4v) is 4.04. The fraction of sp³-hybridized carbons (Fsp3) is 0.692. The molecule has 2 heterocycles. The number of alkyl halides is 1. The van der Waals surface area contributed by atoms with Gasteiger partial charge in [-0.3, -0.25) is 0 Å². The van der Waals surface area contributed by atoms with Gasteiger partial charge in [0.15, 0.2) is 0 Å². The molecular formula is C13H18BrN3. The number of hydrogen-bond acceptors (Lipinski definition) is 3. The molecule has 3 rings (SSSR count). The Morgan fingerprint density at radius 2 is 1.82 bits per heavy atom. The van der Waals surface area contributed by atoms with E-state index in [4.69, 9.17) is 0 Å². The van der Waals surface area contributed by atoms with Crippen molar-refractivity contribution in [2.75, 3.05) is 18.0 Å². The van der Waals surface area contributed by atoms with Crippen LogP contribution in [0, 0.1) is 11.8 Å². The van der Waals surface area contributed by atoms with E-state index in [0.717, 1.165) is 42.1 Å². The summed E-state index contributed by atoms with van der Waals surface area (Å²) in [6.45, 7) is 4.41. The molecule has 17 heavy (non-hydrogen) atoms. The molecule has 1 aromatic rings. The van der Waals surface area contributed by atoms with Crippen molar-refractivity contribution < 1.29 is 0 Å². The lowest BCUT2D eigenvalue weighted by Crippen LogP contribution is -2.23. The lowest BCUT2D eigenvalue weighted by Gasteiger charge is -2.17. The van der Waals surface area contributed by atoms with Gasteiger partial charge in [0, 0.05) is 30.3 Å². The Hall–Kier alpha value is -0.640. The monoisotopic (exact) mass is 295 g/mol. The average Bonchev–Trinajstić information content (AvgIpc) is 2.86. The van der Waals surface area contributed by atoms with Crippen molar-refractivity contribution in [2.45, 2.75) is 31.0 Å².